The lowest BCUT2D eigenvalue weighted by Crippen LogP contribution is -2.40. The van der Waals surface area contributed by atoms with E-state index in [9.17, 15) is 0 Å². The molecular weight excluding hydrogens is 320 g/mol. The molecule has 1 aromatic carbocycles. The van der Waals surface area contributed by atoms with Crippen LogP contribution in [0.25, 0.3) is 5.69 Å². The Morgan fingerprint density at radius 3 is 2.92 bits per heavy atom. The van der Waals surface area contributed by atoms with Crippen LogP contribution in [0.2, 0.25) is 0 Å². The third kappa shape index (κ3) is 3.66. The van der Waals surface area contributed by atoms with E-state index in [0.29, 0.717) is 12.1 Å². The van der Waals surface area contributed by atoms with E-state index in [-0.39, 0.29) is 0 Å². The highest BCUT2D eigenvalue weighted by atomic mass is 32.2. The normalized spacial score (nSPS) is 24.0. The Morgan fingerprint density at radius 2 is 2.17 bits per heavy atom. The standard InChI is InChI=1S/C18H24N4OS/c1-2-5-15(6-3-1)22-18(19-14-20-22)12-21(16-8-10-24-13-16)11-17-7-4-9-23-17/h1-3,5-6,14,16-17H,4,7-13H2/t16-,17+/m1/s1. The molecule has 0 amide bonds. The van der Waals surface area contributed by atoms with Crippen molar-refractivity contribution in [2.75, 3.05) is 24.7 Å². The average Bonchev–Trinajstić information content (AvgIpc) is 3.38. The van der Waals surface area contributed by atoms with E-state index < -0.39 is 0 Å². The molecule has 0 N–H and O–H groups in total. The molecule has 2 aromatic rings. The number of benzene rings is 1. The van der Waals surface area contributed by atoms with Crippen molar-refractivity contribution in [1.29, 1.82) is 0 Å². The van der Waals surface area contributed by atoms with Gasteiger partial charge in [-0.05, 0) is 37.1 Å². The molecular formula is C18H24N4OS. The molecule has 128 valence electrons. The molecule has 4 rings (SSSR count). The zero-order valence-corrected chi connectivity index (χ0v) is 14.7. The van der Waals surface area contributed by atoms with Crippen LogP contribution in [0.5, 0.6) is 0 Å². The van der Waals surface area contributed by atoms with Crippen molar-refractivity contribution in [3.63, 3.8) is 0 Å². The van der Waals surface area contributed by atoms with Crippen LogP contribution in [0.15, 0.2) is 36.7 Å². The zero-order chi connectivity index (χ0) is 16.2. The predicted octanol–water partition coefficient (Wildman–Crippen LogP) is 2.75. The van der Waals surface area contributed by atoms with Crippen molar-refractivity contribution >= 4 is 11.8 Å². The summed E-state index contributed by atoms with van der Waals surface area (Å²) >= 11 is 2.06. The van der Waals surface area contributed by atoms with Gasteiger partial charge in [-0.15, -0.1) is 0 Å². The van der Waals surface area contributed by atoms with E-state index >= 15 is 0 Å². The minimum Gasteiger partial charge on any atom is -0.377 e. The highest BCUT2D eigenvalue weighted by molar-refractivity contribution is 7.99. The largest absolute Gasteiger partial charge is 0.377 e. The smallest absolute Gasteiger partial charge is 0.146 e. The molecule has 1 aromatic heterocycles. The quantitative estimate of drug-likeness (QED) is 0.806. The van der Waals surface area contributed by atoms with Crippen LogP contribution in [0, 0.1) is 0 Å². The van der Waals surface area contributed by atoms with Crippen LogP contribution in [-0.4, -0.2) is 56.5 Å². The maximum Gasteiger partial charge on any atom is 0.146 e. The molecule has 0 saturated carbocycles. The lowest BCUT2D eigenvalue weighted by atomic mass is 10.1. The molecule has 2 aliphatic rings. The highest BCUT2D eigenvalue weighted by Gasteiger charge is 2.28. The van der Waals surface area contributed by atoms with Crippen LogP contribution in [0.3, 0.4) is 0 Å². The molecule has 0 spiro atoms. The number of hydrogen-bond donors (Lipinski definition) is 0. The van der Waals surface area contributed by atoms with Crippen molar-refractivity contribution in [2.24, 2.45) is 0 Å². The van der Waals surface area contributed by atoms with E-state index in [1.54, 1.807) is 6.33 Å². The molecule has 2 fully saturated rings. The summed E-state index contributed by atoms with van der Waals surface area (Å²) in [6.45, 7) is 2.75. The summed E-state index contributed by atoms with van der Waals surface area (Å²) < 4.78 is 7.85. The van der Waals surface area contributed by atoms with Crippen molar-refractivity contribution in [3.05, 3.63) is 42.5 Å². The maximum absolute atomic E-state index is 5.89. The second-order valence-corrected chi connectivity index (χ2v) is 7.66. The van der Waals surface area contributed by atoms with E-state index in [1.807, 2.05) is 22.9 Å². The van der Waals surface area contributed by atoms with Crippen LogP contribution < -0.4 is 0 Å². The fourth-order valence-corrected chi connectivity index (χ4v) is 4.80. The Kier molecular flexibility index (Phi) is 5.16. The first-order valence-electron chi connectivity index (χ1n) is 8.78. The molecule has 24 heavy (non-hydrogen) atoms. The lowest BCUT2D eigenvalue weighted by molar-refractivity contribution is 0.0562. The summed E-state index contributed by atoms with van der Waals surface area (Å²) in [4.78, 5) is 7.11. The minimum atomic E-state index is 0.378. The number of hydrogen-bond acceptors (Lipinski definition) is 5. The molecule has 0 unspecified atom stereocenters. The number of thioether (sulfide) groups is 1. The van der Waals surface area contributed by atoms with Crippen LogP contribution in [0.4, 0.5) is 0 Å². The monoisotopic (exact) mass is 344 g/mol. The van der Waals surface area contributed by atoms with Gasteiger partial charge in [-0.2, -0.15) is 16.9 Å². The summed E-state index contributed by atoms with van der Waals surface area (Å²) in [5.74, 6) is 3.49. The number of rotatable bonds is 6. The summed E-state index contributed by atoms with van der Waals surface area (Å²) in [6.07, 6.45) is 5.68. The number of ether oxygens (including phenoxy) is 1. The Labute approximate surface area is 147 Å². The molecule has 0 radical (unpaired) electrons. The van der Waals surface area contributed by atoms with Crippen molar-refractivity contribution < 1.29 is 4.74 Å². The number of nitrogens with zero attached hydrogens (tertiary/aromatic N) is 4. The van der Waals surface area contributed by atoms with Gasteiger partial charge in [0.15, 0.2) is 0 Å². The van der Waals surface area contributed by atoms with E-state index in [4.69, 9.17) is 4.74 Å². The predicted molar refractivity (Wildman–Crippen MR) is 96.5 cm³/mol. The first kappa shape index (κ1) is 16.1. The summed E-state index contributed by atoms with van der Waals surface area (Å²) in [5.41, 5.74) is 1.07. The fraction of sp³-hybridized carbons (Fsp3) is 0.556. The number of para-hydroxylation sites is 1. The van der Waals surface area contributed by atoms with E-state index in [2.05, 4.69) is 38.9 Å². The topological polar surface area (TPSA) is 43.2 Å². The van der Waals surface area contributed by atoms with Gasteiger partial charge in [0.1, 0.15) is 12.2 Å². The van der Waals surface area contributed by atoms with Gasteiger partial charge in [-0.25, -0.2) is 9.67 Å². The van der Waals surface area contributed by atoms with Crippen LogP contribution >= 0.6 is 11.8 Å². The molecule has 5 nitrogen and oxygen atoms in total. The van der Waals surface area contributed by atoms with Crippen molar-refractivity contribution in [1.82, 2.24) is 19.7 Å². The van der Waals surface area contributed by atoms with Crippen LogP contribution in [0.1, 0.15) is 25.1 Å². The zero-order valence-electron chi connectivity index (χ0n) is 13.9. The highest BCUT2D eigenvalue weighted by Crippen LogP contribution is 2.26. The molecule has 2 atom stereocenters. The Hall–Kier alpha value is -1.37. The molecule has 0 aliphatic carbocycles. The van der Waals surface area contributed by atoms with Gasteiger partial charge >= 0.3 is 0 Å². The SMILES string of the molecule is c1ccc(-n2ncnc2CN(C[C@@H]2CCCO2)[C@@H]2CCSC2)cc1. The average molecular weight is 344 g/mol. The third-order valence-corrected chi connectivity index (χ3v) is 5.99. The molecule has 2 saturated heterocycles. The molecule has 0 bridgehead atoms. The van der Waals surface area contributed by atoms with Crippen LogP contribution in [-0.2, 0) is 11.3 Å². The van der Waals surface area contributed by atoms with Gasteiger partial charge in [0.2, 0.25) is 0 Å². The first-order chi connectivity index (χ1) is 11.9. The summed E-state index contributed by atoms with van der Waals surface area (Å²) in [7, 11) is 0. The van der Waals surface area contributed by atoms with E-state index in [1.165, 1.54) is 30.8 Å². The second kappa shape index (κ2) is 7.68. The van der Waals surface area contributed by atoms with Gasteiger partial charge in [-0.1, -0.05) is 18.2 Å². The first-order valence-corrected chi connectivity index (χ1v) is 9.93. The van der Waals surface area contributed by atoms with Gasteiger partial charge in [-0.3, -0.25) is 4.90 Å². The molecule has 3 heterocycles. The van der Waals surface area contributed by atoms with Gasteiger partial charge < -0.3 is 4.74 Å². The van der Waals surface area contributed by atoms with E-state index in [0.717, 1.165) is 31.2 Å². The Bertz CT molecular complexity index is 635. The maximum atomic E-state index is 5.89. The van der Waals surface area contributed by atoms with Gasteiger partial charge in [0.05, 0.1) is 18.3 Å². The minimum absolute atomic E-state index is 0.378. The third-order valence-electron chi connectivity index (χ3n) is 4.85. The summed E-state index contributed by atoms with van der Waals surface area (Å²) in [6, 6.07) is 10.9. The van der Waals surface area contributed by atoms with Gasteiger partial charge in [0, 0.05) is 24.9 Å². The van der Waals surface area contributed by atoms with Gasteiger partial charge in [0.25, 0.3) is 0 Å². The molecule has 6 heteroatoms. The lowest BCUT2D eigenvalue weighted by Gasteiger charge is -2.30. The Morgan fingerprint density at radius 1 is 1.25 bits per heavy atom. The van der Waals surface area contributed by atoms with Crippen molar-refractivity contribution in [2.45, 2.75) is 38.0 Å². The van der Waals surface area contributed by atoms with Crippen molar-refractivity contribution in [3.8, 4) is 5.69 Å². The number of aromatic nitrogens is 3. The fourth-order valence-electron chi connectivity index (χ4n) is 3.54. The molecule has 2 aliphatic heterocycles. The Balaban J connectivity index is 1.53. The summed E-state index contributed by atoms with van der Waals surface area (Å²) in [5, 5.41) is 4.44. The second-order valence-electron chi connectivity index (χ2n) is 6.51.